The normalized spacial score (nSPS) is 16.4. The number of hydrogen-bond donors (Lipinski definition) is 0. The number of ether oxygens (including phenoxy) is 1. The highest BCUT2D eigenvalue weighted by atomic mass is 35.5. The Morgan fingerprint density at radius 3 is 2.15 bits per heavy atom. The molecule has 2 fully saturated rings. The number of halogens is 6. The molecule has 5 rings (SSSR count). The maximum absolute atomic E-state index is 15.2. The highest BCUT2D eigenvalue weighted by Crippen LogP contribution is 2.46. The lowest BCUT2D eigenvalue weighted by Crippen LogP contribution is -2.56. The molecule has 3 aromatic rings. The van der Waals surface area contributed by atoms with Crippen molar-refractivity contribution in [1.29, 1.82) is 0 Å². The highest BCUT2D eigenvalue weighted by Gasteiger charge is 2.46. The summed E-state index contributed by atoms with van der Waals surface area (Å²) in [6.07, 6.45) is -3.88. The first kappa shape index (κ1) is 34.0. The van der Waals surface area contributed by atoms with Gasteiger partial charge in [0, 0.05) is 41.2 Å². The van der Waals surface area contributed by atoms with Crippen molar-refractivity contribution in [2.75, 3.05) is 26.0 Å². The highest BCUT2D eigenvalue weighted by molar-refractivity contribution is 7.88. The Hall–Kier alpha value is -3.39. The van der Waals surface area contributed by atoms with Crippen molar-refractivity contribution in [2.24, 2.45) is 5.41 Å². The molecular weight excluding hydrogens is 675 g/mol. The minimum Gasteiger partial charge on any atom is -0.493 e. The number of amides is 1. The molecule has 8 nitrogen and oxygen atoms in total. The van der Waals surface area contributed by atoms with Crippen LogP contribution in [0.1, 0.15) is 47.2 Å². The molecule has 46 heavy (non-hydrogen) atoms. The predicted octanol–water partition coefficient (Wildman–Crippen LogP) is 7.00. The first-order valence-electron chi connectivity index (χ1n) is 14.0. The van der Waals surface area contributed by atoms with Gasteiger partial charge in [-0.2, -0.15) is 13.2 Å². The summed E-state index contributed by atoms with van der Waals surface area (Å²) in [5.41, 5.74) is 2.24. The third kappa shape index (κ3) is 7.93. The first-order chi connectivity index (χ1) is 21.4. The second-order valence-electron chi connectivity index (χ2n) is 11.9. The van der Waals surface area contributed by atoms with E-state index in [1.807, 2.05) is 43.3 Å². The average molecular weight is 704 g/mol. The summed E-state index contributed by atoms with van der Waals surface area (Å²) in [6, 6.07) is 15.4. The quantitative estimate of drug-likeness (QED) is 0.175. The van der Waals surface area contributed by atoms with E-state index in [1.54, 1.807) is 6.07 Å². The molecule has 1 saturated carbocycles. The van der Waals surface area contributed by atoms with Crippen LogP contribution >= 0.6 is 23.2 Å². The average Bonchev–Trinajstić information content (AvgIpc) is 3.78. The number of likely N-dealkylation sites (tertiary alicyclic amines) is 1. The van der Waals surface area contributed by atoms with Crippen molar-refractivity contribution in [1.82, 2.24) is 9.37 Å². The van der Waals surface area contributed by atoms with Crippen LogP contribution in [0.4, 0.5) is 17.6 Å². The summed E-state index contributed by atoms with van der Waals surface area (Å²) >= 11 is 12.2. The second-order valence-corrected chi connectivity index (χ2v) is 14.6. The number of hydrogen-bond acceptors (Lipinski definition) is 7. The van der Waals surface area contributed by atoms with Gasteiger partial charge in [-0.3, -0.25) is 9.69 Å². The zero-order valence-electron chi connectivity index (χ0n) is 24.5. The lowest BCUT2D eigenvalue weighted by molar-refractivity contribution is -0.216. The molecule has 0 bridgehead atoms. The summed E-state index contributed by atoms with van der Waals surface area (Å²) in [4.78, 5) is 30.2. The van der Waals surface area contributed by atoms with Gasteiger partial charge in [0.2, 0.25) is 0 Å². The van der Waals surface area contributed by atoms with E-state index in [0.29, 0.717) is 54.3 Å². The third-order valence-electron chi connectivity index (χ3n) is 7.55. The Bertz CT molecular complexity index is 1760. The maximum Gasteiger partial charge on any atom is 0.493 e. The van der Waals surface area contributed by atoms with Crippen LogP contribution in [0.3, 0.4) is 0 Å². The molecule has 1 amide bonds. The number of sulfonamides is 1. The van der Waals surface area contributed by atoms with Gasteiger partial charge in [-0.1, -0.05) is 58.9 Å². The summed E-state index contributed by atoms with van der Waals surface area (Å²) in [5.74, 6) is -5.95. The maximum atomic E-state index is 15.2. The fourth-order valence-electron chi connectivity index (χ4n) is 5.33. The number of nitrogens with zero attached hydrogens (tertiary/aromatic N) is 2. The molecule has 15 heteroatoms. The van der Waals surface area contributed by atoms with E-state index in [2.05, 4.69) is 9.74 Å². The Morgan fingerprint density at radius 2 is 1.61 bits per heavy atom. The molecule has 0 atom stereocenters. The topological polar surface area (TPSA) is 93.2 Å². The van der Waals surface area contributed by atoms with E-state index >= 15 is 4.39 Å². The van der Waals surface area contributed by atoms with Gasteiger partial charge in [-0.15, -0.1) is 0 Å². The Balaban J connectivity index is 1.23. The van der Waals surface area contributed by atoms with Crippen molar-refractivity contribution in [3.05, 3.63) is 87.2 Å². The van der Waals surface area contributed by atoms with Gasteiger partial charge in [-0.05, 0) is 65.3 Å². The number of carbonyl (C=O) groups is 2. The van der Waals surface area contributed by atoms with E-state index < -0.39 is 43.9 Å². The van der Waals surface area contributed by atoms with Crippen molar-refractivity contribution < 1.29 is 45.1 Å². The van der Waals surface area contributed by atoms with Gasteiger partial charge in [-0.25, -0.2) is 17.6 Å². The largest absolute Gasteiger partial charge is 0.493 e. The van der Waals surface area contributed by atoms with Gasteiger partial charge in [0.05, 0.1) is 18.4 Å². The molecule has 1 aliphatic carbocycles. The monoisotopic (exact) mass is 702 g/mol. The number of hydroxylamine groups is 1. The number of alkyl halides is 3. The van der Waals surface area contributed by atoms with Crippen LogP contribution in [0.25, 0.3) is 11.1 Å². The molecule has 1 heterocycles. The molecule has 3 aromatic carbocycles. The van der Waals surface area contributed by atoms with E-state index in [0.717, 1.165) is 28.8 Å². The predicted molar refractivity (Wildman–Crippen MR) is 162 cm³/mol. The van der Waals surface area contributed by atoms with E-state index in [9.17, 15) is 31.2 Å². The zero-order chi connectivity index (χ0) is 33.6. The van der Waals surface area contributed by atoms with Crippen molar-refractivity contribution in [3.8, 4) is 16.9 Å². The summed E-state index contributed by atoms with van der Waals surface area (Å²) in [6.45, 7) is 4.29. The fraction of sp³-hybridized carbons (Fsp3) is 0.355. The molecule has 2 aliphatic rings. The summed E-state index contributed by atoms with van der Waals surface area (Å²) < 4.78 is 82.6. The molecular formula is C31H28Cl2F4N2O6S. The van der Waals surface area contributed by atoms with Crippen LogP contribution in [-0.4, -0.2) is 61.8 Å². The summed E-state index contributed by atoms with van der Waals surface area (Å²) in [7, 11) is -4.85. The SMILES string of the molecule is CC1(COc2cc(F)c(C(=O)N(OC(=O)C(F)(F)F)S(C)(=O)=O)cc2C2CC2)CN(Cc2ccc(-c3cc(Cl)cc(Cl)c3)cc2)C1. The van der Waals surface area contributed by atoms with Crippen molar-refractivity contribution in [3.63, 3.8) is 0 Å². The van der Waals surface area contributed by atoms with E-state index in [4.69, 9.17) is 27.9 Å². The molecule has 0 spiro atoms. The Morgan fingerprint density at radius 1 is 1.00 bits per heavy atom. The lowest BCUT2D eigenvalue weighted by Gasteiger charge is -2.48. The molecule has 1 aliphatic heterocycles. The minimum absolute atomic E-state index is 0.122. The van der Waals surface area contributed by atoms with Gasteiger partial charge in [0.15, 0.2) is 0 Å². The van der Waals surface area contributed by atoms with Gasteiger partial charge >= 0.3 is 18.1 Å². The molecule has 246 valence electrons. The standard InChI is InChI=1S/C31H28Cl2F4N2O6S/c1-30(15-38(16-30)14-18-3-5-19(6-4-18)21-9-22(32)11-23(33)10-21)17-44-27-13-26(34)25(12-24(27)20-7-8-20)28(40)39(46(2,42)43)45-29(41)31(35,36)37/h3-6,9-13,20H,7-8,14-17H2,1-2H3. The second kappa shape index (κ2) is 12.7. The molecule has 1 saturated heterocycles. The molecule has 0 aromatic heterocycles. The zero-order valence-corrected chi connectivity index (χ0v) is 26.9. The minimum atomic E-state index is -5.59. The van der Waals surface area contributed by atoms with Crippen LogP contribution < -0.4 is 4.74 Å². The number of rotatable bonds is 9. The molecule has 0 N–H and O–H groups in total. The van der Waals surface area contributed by atoms with Gasteiger partial charge in [0.25, 0.3) is 10.0 Å². The van der Waals surface area contributed by atoms with Crippen LogP contribution in [0.5, 0.6) is 5.75 Å². The summed E-state index contributed by atoms with van der Waals surface area (Å²) in [5, 5.41) is 1.10. The van der Waals surface area contributed by atoms with Crippen molar-refractivity contribution in [2.45, 2.75) is 38.4 Å². The third-order valence-corrected chi connectivity index (χ3v) is 8.83. The fourth-order valence-corrected chi connectivity index (χ4v) is 6.46. The first-order valence-corrected chi connectivity index (χ1v) is 16.6. The lowest BCUT2D eigenvalue weighted by atomic mass is 9.82. The van der Waals surface area contributed by atoms with Crippen molar-refractivity contribution >= 4 is 45.1 Å². The van der Waals surface area contributed by atoms with Gasteiger partial charge in [0.1, 0.15) is 11.6 Å². The van der Waals surface area contributed by atoms with Crippen LogP contribution in [0.15, 0.2) is 54.6 Å². The van der Waals surface area contributed by atoms with Crippen LogP contribution in [0.2, 0.25) is 10.0 Å². The van der Waals surface area contributed by atoms with E-state index in [1.165, 1.54) is 0 Å². The number of carbonyl (C=O) groups excluding carboxylic acids is 2. The Labute approximate surface area is 272 Å². The smallest absolute Gasteiger partial charge is 0.493 e. The van der Waals surface area contributed by atoms with E-state index in [-0.39, 0.29) is 23.7 Å². The van der Waals surface area contributed by atoms with Crippen LogP contribution in [-0.2, 0) is 26.2 Å². The molecule has 0 radical (unpaired) electrons. The molecule has 0 unspecified atom stereocenters. The Kier molecular flexibility index (Phi) is 9.35. The van der Waals surface area contributed by atoms with Gasteiger partial charge < -0.3 is 9.57 Å². The van der Waals surface area contributed by atoms with Crippen LogP contribution in [0, 0.1) is 11.2 Å². The number of benzene rings is 3.